The van der Waals surface area contributed by atoms with Gasteiger partial charge in [0.25, 0.3) is 5.91 Å². The number of amides is 1. The van der Waals surface area contributed by atoms with Crippen LogP contribution in [0.1, 0.15) is 58.6 Å². The van der Waals surface area contributed by atoms with Crippen molar-refractivity contribution in [3.05, 3.63) is 77.5 Å². The Hall–Kier alpha value is -4.05. The highest BCUT2D eigenvalue weighted by Gasteiger charge is 2.32. The summed E-state index contributed by atoms with van der Waals surface area (Å²) in [5.41, 5.74) is 3.78. The lowest BCUT2D eigenvalue weighted by molar-refractivity contribution is 0.0499. The Bertz CT molecular complexity index is 1630. The van der Waals surface area contributed by atoms with E-state index in [1.54, 1.807) is 41.9 Å². The summed E-state index contributed by atoms with van der Waals surface area (Å²) < 4.78 is 31.3. The van der Waals surface area contributed by atoms with Gasteiger partial charge in [-0.2, -0.15) is 5.10 Å². The molecule has 1 saturated heterocycles. The van der Waals surface area contributed by atoms with Crippen LogP contribution in [-0.2, 0) is 14.6 Å². The summed E-state index contributed by atoms with van der Waals surface area (Å²) in [5, 5.41) is 8.13. The zero-order valence-electron chi connectivity index (χ0n) is 21.9. The largest absolute Gasteiger partial charge is 0.462 e. The molecule has 0 bridgehead atoms. The Balaban J connectivity index is 1.50. The van der Waals surface area contributed by atoms with E-state index in [2.05, 4.69) is 10.4 Å². The number of ether oxygens (including phenoxy) is 1. The number of esters is 1. The number of carbonyl (C=O) groups excluding carboxylic acids is 2. The number of benzene rings is 2. The number of carbonyl (C=O) groups is 2. The maximum atomic E-state index is 13.6. The van der Waals surface area contributed by atoms with Gasteiger partial charge in [-0.3, -0.25) is 4.79 Å². The molecular formula is C29H30N4O5S. The van der Waals surface area contributed by atoms with Crippen molar-refractivity contribution in [2.24, 2.45) is 0 Å². The van der Waals surface area contributed by atoms with Crippen LogP contribution in [0.3, 0.4) is 0 Å². The minimum absolute atomic E-state index is 0.00474. The first-order valence-electron chi connectivity index (χ1n) is 13.0. The number of fused-ring (bicyclic) bond motifs is 1. The number of sulfone groups is 1. The van der Waals surface area contributed by atoms with Crippen molar-refractivity contribution < 1.29 is 22.7 Å². The van der Waals surface area contributed by atoms with E-state index in [9.17, 15) is 18.0 Å². The van der Waals surface area contributed by atoms with Crippen LogP contribution in [0.15, 0.2) is 60.7 Å². The number of aryl methyl sites for hydroxylation is 1. The number of nitrogens with one attached hydrogen (secondary N) is 1. The molecule has 4 aromatic rings. The molecule has 3 heterocycles. The highest BCUT2D eigenvalue weighted by molar-refractivity contribution is 7.91. The van der Waals surface area contributed by atoms with Crippen LogP contribution in [0.25, 0.3) is 22.3 Å². The molecule has 2 aromatic heterocycles. The topological polar surface area (TPSA) is 120 Å². The van der Waals surface area contributed by atoms with Gasteiger partial charge >= 0.3 is 5.97 Å². The van der Waals surface area contributed by atoms with Crippen LogP contribution >= 0.6 is 0 Å². The van der Waals surface area contributed by atoms with Crippen molar-refractivity contribution in [1.29, 1.82) is 0 Å². The Kier molecular flexibility index (Phi) is 7.47. The Morgan fingerprint density at radius 1 is 1.10 bits per heavy atom. The van der Waals surface area contributed by atoms with Gasteiger partial charge in [-0.25, -0.2) is 22.9 Å². The lowest BCUT2D eigenvalue weighted by atomic mass is 10.0. The number of anilines is 1. The zero-order valence-corrected chi connectivity index (χ0v) is 22.7. The van der Waals surface area contributed by atoms with Crippen molar-refractivity contribution in [3.8, 4) is 11.3 Å². The molecule has 1 amide bonds. The van der Waals surface area contributed by atoms with Crippen LogP contribution < -0.4 is 5.32 Å². The summed E-state index contributed by atoms with van der Waals surface area (Å²) in [6.07, 6.45) is 2.19. The molecule has 1 N–H and O–H groups in total. The predicted octanol–water partition coefficient (Wildman–Crippen LogP) is 4.98. The summed E-state index contributed by atoms with van der Waals surface area (Å²) in [7, 11) is -3.15. The predicted molar refractivity (Wildman–Crippen MR) is 150 cm³/mol. The van der Waals surface area contributed by atoms with E-state index < -0.39 is 15.8 Å². The van der Waals surface area contributed by atoms with Crippen molar-refractivity contribution >= 4 is 38.4 Å². The third-order valence-electron chi connectivity index (χ3n) is 6.81. The second-order valence-electron chi connectivity index (χ2n) is 9.73. The highest BCUT2D eigenvalue weighted by atomic mass is 32.2. The van der Waals surface area contributed by atoms with Crippen LogP contribution in [0.5, 0.6) is 0 Å². The molecule has 2 aromatic carbocycles. The first-order valence-corrected chi connectivity index (χ1v) is 14.8. The van der Waals surface area contributed by atoms with Gasteiger partial charge in [0.05, 0.1) is 52.1 Å². The minimum Gasteiger partial charge on any atom is -0.462 e. The van der Waals surface area contributed by atoms with E-state index in [1.807, 2.05) is 37.3 Å². The molecule has 0 aliphatic carbocycles. The lowest BCUT2D eigenvalue weighted by Crippen LogP contribution is -2.15. The summed E-state index contributed by atoms with van der Waals surface area (Å²) in [6.45, 7) is 4.19. The summed E-state index contributed by atoms with van der Waals surface area (Å²) >= 11 is 0. The third kappa shape index (κ3) is 5.70. The Morgan fingerprint density at radius 2 is 1.85 bits per heavy atom. The summed E-state index contributed by atoms with van der Waals surface area (Å²) in [4.78, 5) is 30.7. The SMILES string of the molecule is CCCCOC(=O)c1ccc(NC(=O)c2cc(-c3ccccc3)nc3c2c(C)nn3C2CCS(=O)(=O)C2)cc1. The number of hydrogen-bond donors (Lipinski definition) is 1. The summed E-state index contributed by atoms with van der Waals surface area (Å²) in [6, 6.07) is 17.4. The van der Waals surface area contributed by atoms with Crippen molar-refractivity contribution in [3.63, 3.8) is 0 Å². The molecule has 9 nitrogen and oxygen atoms in total. The quantitative estimate of drug-likeness (QED) is 0.245. The number of hydrogen-bond acceptors (Lipinski definition) is 7. The standard InChI is InChI=1S/C29H30N4O5S/c1-3-4-15-38-29(35)21-10-12-22(13-11-21)30-28(34)24-17-25(20-8-6-5-7-9-20)31-27-26(24)19(2)32-33(27)23-14-16-39(36,37)18-23/h5-13,17,23H,3-4,14-16,18H2,1-2H3,(H,30,34). The monoisotopic (exact) mass is 546 g/mol. The van der Waals surface area contributed by atoms with Crippen molar-refractivity contribution in [1.82, 2.24) is 14.8 Å². The summed E-state index contributed by atoms with van der Waals surface area (Å²) in [5.74, 6) is -0.664. The van der Waals surface area contributed by atoms with E-state index in [-0.39, 0.29) is 23.5 Å². The molecule has 0 spiro atoms. The number of nitrogens with zero attached hydrogens (tertiary/aromatic N) is 3. The van der Waals surface area contributed by atoms with Crippen LogP contribution in [-0.4, -0.2) is 53.2 Å². The maximum absolute atomic E-state index is 13.6. The van der Waals surface area contributed by atoms with Gasteiger partial charge in [0, 0.05) is 11.3 Å². The van der Waals surface area contributed by atoms with Crippen LogP contribution in [0, 0.1) is 6.92 Å². The molecule has 1 fully saturated rings. The Morgan fingerprint density at radius 3 is 2.51 bits per heavy atom. The molecule has 5 rings (SSSR count). The molecule has 1 atom stereocenters. The fourth-order valence-corrected chi connectivity index (χ4v) is 6.44. The first kappa shape index (κ1) is 26.6. The number of rotatable bonds is 8. The van der Waals surface area contributed by atoms with E-state index in [4.69, 9.17) is 9.72 Å². The Labute approximate surface area is 227 Å². The smallest absolute Gasteiger partial charge is 0.338 e. The number of aromatic nitrogens is 3. The van der Waals surface area contributed by atoms with Gasteiger partial charge in [-0.1, -0.05) is 43.7 Å². The van der Waals surface area contributed by atoms with Crippen molar-refractivity contribution in [2.75, 3.05) is 23.4 Å². The van der Waals surface area contributed by atoms with E-state index in [0.29, 0.717) is 52.3 Å². The second kappa shape index (κ2) is 11.0. The molecule has 1 aliphatic rings. The van der Waals surface area contributed by atoms with E-state index in [0.717, 1.165) is 18.4 Å². The van der Waals surface area contributed by atoms with Gasteiger partial charge in [-0.15, -0.1) is 0 Å². The minimum atomic E-state index is -3.15. The zero-order chi connectivity index (χ0) is 27.6. The molecule has 1 unspecified atom stereocenters. The van der Waals surface area contributed by atoms with Crippen molar-refractivity contribution in [2.45, 2.75) is 39.2 Å². The third-order valence-corrected chi connectivity index (χ3v) is 8.57. The average molecular weight is 547 g/mol. The molecule has 0 radical (unpaired) electrons. The number of pyridine rings is 1. The second-order valence-corrected chi connectivity index (χ2v) is 12.0. The average Bonchev–Trinajstić information content (AvgIpc) is 3.47. The molecule has 0 saturated carbocycles. The van der Waals surface area contributed by atoms with E-state index in [1.165, 1.54) is 0 Å². The molecule has 10 heteroatoms. The van der Waals surface area contributed by atoms with Gasteiger partial charge in [0.1, 0.15) is 0 Å². The maximum Gasteiger partial charge on any atom is 0.338 e. The fourth-order valence-electron chi connectivity index (χ4n) is 4.75. The first-order chi connectivity index (χ1) is 18.8. The molecule has 202 valence electrons. The lowest BCUT2D eigenvalue weighted by Gasteiger charge is -2.12. The van der Waals surface area contributed by atoms with Crippen LogP contribution in [0.4, 0.5) is 5.69 Å². The molecule has 39 heavy (non-hydrogen) atoms. The van der Waals surface area contributed by atoms with Gasteiger partial charge in [-0.05, 0) is 50.1 Å². The normalized spacial score (nSPS) is 16.3. The molecule has 1 aliphatic heterocycles. The highest BCUT2D eigenvalue weighted by Crippen LogP contribution is 2.32. The van der Waals surface area contributed by atoms with Crippen LogP contribution in [0.2, 0.25) is 0 Å². The van der Waals surface area contributed by atoms with Gasteiger partial charge in [0.2, 0.25) is 0 Å². The van der Waals surface area contributed by atoms with Gasteiger partial charge < -0.3 is 10.1 Å². The van der Waals surface area contributed by atoms with Gasteiger partial charge in [0.15, 0.2) is 15.5 Å². The molecular weight excluding hydrogens is 516 g/mol. The van der Waals surface area contributed by atoms with E-state index >= 15 is 0 Å². The number of unbranched alkanes of at least 4 members (excludes halogenated alkanes) is 1. The fraction of sp³-hybridized carbons (Fsp3) is 0.310.